The summed E-state index contributed by atoms with van der Waals surface area (Å²) in [5.41, 5.74) is 7.23. The zero-order chi connectivity index (χ0) is 12.3. The number of ether oxygens (including phenoxy) is 1. The second-order valence-corrected chi connectivity index (χ2v) is 5.22. The van der Waals surface area contributed by atoms with Crippen molar-refractivity contribution in [2.45, 2.75) is 57.7 Å². The van der Waals surface area contributed by atoms with Crippen LogP contribution in [0.1, 0.15) is 44.8 Å². The molecule has 17 heavy (non-hydrogen) atoms. The van der Waals surface area contributed by atoms with Gasteiger partial charge in [-0.15, -0.1) is 0 Å². The standard InChI is InChI=1S/C13H23N3O/c1-10(2)16-6-5-12(15-16)8-11(14)9-13-4-3-7-17-13/h5-6,10-11,13H,3-4,7-9,14H2,1-2H3. The van der Waals surface area contributed by atoms with E-state index in [0.29, 0.717) is 12.1 Å². The maximum absolute atomic E-state index is 6.14. The molecular weight excluding hydrogens is 214 g/mol. The lowest BCUT2D eigenvalue weighted by Gasteiger charge is -2.15. The molecule has 96 valence electrons. The van der Waals surface area contributed by atoms with Crippen molar-refractivity contribution in [1.29, 1.82) is 0 Å². The van der Waals surface area contributed by atoms with Gasteiger partial charge >= 0.3 is 0 Å². The Morgan fingerprint density at radius 3 is 3.00 bits per heavy atom. The van der Waals surface area contributed by atoms with Gasteiger partial charge in [-0.3, -0.25) is 4.68 Å². The quantitative estimate of drug-likeness (QED) is 0.851. The van der Waals surface area contributed by atoms with Crippen LogP contribution in [0, 0.1) is 0 Å². The van der Waals surface area contributed by atoms with Crippen molar-refractivity contribution in [2.24, 2.45) is 5.73 Å². The van der Waals surface area contributed by atoms with Crippen molar-refractivity contribution in [2.75, 3.05) is 6.61 Å². The third-order valence-electron chi connectivity index (χ3n) is 3.25. The zero-order valence-corrected chi connectivity index (χ0v) is 10.8. The van der Waals surface area contributed by atoms with E-state index >= 15 is 0 Å². The molecule has 1 aliphatic heterocycles. The summed E-state index contributed by atoms with van der Waals surface area (Å²) in [6.07, 6.45) is 6.54. The van der Waals surface area contributed by atoms with Crippen LogP contribution in [0.2, 0.25) is 0 Å². The van der Waals surface area contributed by atoms with Crippen molar-refractivity contribution in [1.82, 2.24) is 9.78 Å². The average molecular weight is 237 g/mol. The Bertz CT molecular complexity index is 342. The van der Waals surface area contributed by atoms with Crippen LogP contribution in [0.4, 0.5) is 0 Å². The molecule has 1 aromatic rings. The third kappa shape index (κ3) is 3.54. The molecule has 0 aromatic carbocycles. The maximum Gasteiger partial charge on any atom is 0.0640 e. The first kappa shape index (κ1) is 12.6. The monoisotopic (exact) mass is 237 g/mol. The number of hydrogen-bond acceptors (Lipinski definition) is 3. The summed E-state index contributed by atoms with van der Waals surface area (Å²) in [7, 11) is 0. The van der Waals surface area contributed by atoms with Crippen molar-refractivity contribution >= 4 is 0 Å². The Morgan fingerprint density at radius 2 is 2.41 bits per heavy atom. The molecule has 0 spiro atoms. The Kier molecular flexibility index (Phi) is 4.18. The first-order chi connectivity index (χ1) is 8.15. The zero-order valence-electron chi connectivity index (χ0n) is 10.8. The maximum atomic E-state index is 6.14. The van der Waals surface area contributed by atoms with Crippen LogP contribution in [0.15, 0.2) is 12.3 Å². The summed E-state index contributed by atoms with van der Waals surface area (Å²) in [5, 5.41) is 4.52. The number of aromatic nitrogens is 2. The van der Waals surface area contributed by atoms with Crippen molar-refractivity contribution in [3.63, 3.8) is 0 Å². The molecule has 0 aliphatic carbocycles. The minimum Gasteiger partial charge on any atom is -0.378 e. The van der Waals surface area contributed by atoms with Crippen LogP contribution < -0.4 is 5.73 Å². The average Bonchev–Trinajstić information content (AvgIpc) is 2.88. The van der Waals surface area contributed by atoms with E-state index in [1.54, 1.807) is 0 Å². The molecule has 2 rings (SSSR count). The Hall–Kier alpha value is -0.870. The van der Waals surface area contributed by atoms with Crippen LogP contribution in [0.3, 0.4) is 0 Å². The first-order valence-electron chi connectivity index (χ1n) is 6.56. The highest BCUT2D eigenvalue weighted by atomic mass is 16.5. The first-order valence-corrected chi connectivity index (χ1v) is 6.56. The number of rotatable bonds is 5. The van der Waals surface area contributed by atoms with Gasteiger partial charge in [-0.1, -0.05) is 0 Å². The highest BCUT2D eigenvalue weighted by Crippen LogP contribution is 2.17. The fraction of sp³-hybridized carbons (Fsp3) is 0.769. The van der Waals surface area contributed by atoms with E-state index in [-0.39, 0.29) is 6.04 Å². The van der Waals surface area contributed by atoms with Gasteiger partial charge in [0.05, 0.1) is 11.8 Å². The summed E-state index contributed by atoms with van der Waals surface area (Å²) in [6, 6.07) is 2.64. The second kappa shape index (κ2) is 5.65. The molecule has 1 aromatic heterocycles. The topological polar surface area (TPSA) is 53.1 Å². The van der Waals surface area contributed by atoms with E-state index in [0.717, 1.165) is 31.6 Å². The van der Waals surface area contributed by atoms with Gasteiger partial charge in [0, 0.05) is 31.3 Å². The van der Waals surface area contributed by atoms with Gasteiger partial charge < -0.3 is 10.5 Å². The van der Waals surface area contributed by atoms with E-state index in [1.807, 2.05) is 10.9 Å². The largest absolute Gasteiger partial charge is 0.378 e. The lowest BCUT2D eigenvalue weighted by molar-refractivity contribution is 0.0982. The Balaban J connectivity index is 1.82. The number of nitrogens with two attached hydrogens (primary N) is 1. The minimum absolute atomic E-state index is 0.161. The normalized spacial score (nSPS) is 22.2. The molecular formula is C13H23N3O. The molecule has 2 N–H and O–H groups in total. The van der Waals surface area contributed by atoms with Crippen LogP contribution in [0.25, 0.3) is 0 Å². The van der Waals surface area contributed by atoms with Crippen molar-refractivity contribution in [3.8, 4) is 0 Å². The predicted octanol–water partition coefficient (Wildman–Crippen LogP) is 1.90. The molecule has 0 bridgehead atoms. The van der Waals surface area contributed by atoms with Gasteiger partial charge in [-0.25, -0.2) is 0 Å². The van der Waals surface area contributed by atoms with E-state index in [1.165, 1.54) is 6.42 Å². The molecule has 1 aliphatic rings. The lowest BCUT2D eigenvalue weighted by atomic mass is 10.0. The summed E-state index contributed by atoms with van der Waals surface area (Å²) in [6.45, 7) is 5.16. The molecule has 1 fully saturated rings. The number of nitrogens with zero attached hydrogens (tertiary/aromatic N) is 2. The fourth-order valence-electron chi connectivity index (χ4n) is 2.29. The summed E-state index contributed by atoms with van der Waals surface area (Å²) < 4.78 is 7.58. The molecule has 2 unspecified atom stereocenters. The molecule has 1 saturated heterocycles. The minimum atomic E-state index is 0.161. The molecule has 0 radical (unpaired) electrons. The summed E-state index contributed by atoms with van der Waals surface area (Å²) in [5.74, 6) is 0. The van der Waals surface area contributed by atoms with Gasteiger partial charge in [0.15, 0.2) is 0 Å². The lowest BCUT2D eigenvalue weighted by Crippen LogP contribution is -2.28. The molecule has 2 heterocycles. The van der Waals surface area contributed by atoms with Crippen LogP contribution in [0.5, 0.6) is 0 Å². The highest BCUT2D eigenvalue weighted by molar-refractivity contribution is 5.02. The van der Waals surface area contributed by atoms with Crippen LogP contribution in [-0.4, -0.2) is 28.5 Å². The van der Waals surface area contributed by atoms with Gasteiger partial charge in [-0.05, 0) is 39.2 Å². The van der Waals surface area contributed by atoms with Crippen molar-refractivity contribution in [3.05, 3.63) is 18.0 Å². The predicted molar refractivity (Wildman–Crippen MR) is 67.9 cm³/mol. The Labute approximate surface area is 103 Å². The number of hydrogen-bond donors (Lipinski definition) is 1. The van der Waals surface area contributed by atoms with E-state index in [9.17, 15) is 0 Å². The molecule has 2 atom stereocenters. The molecule has 0 amide bonds. The van der Waals surface area contributed by atoms with Gasteiger partial charge in [0.2, 0.25) is 0 Å². The van der Waals surface area contributed by atoms with E-state index < -0.39 is 0 Å². The van der Waals surface area contributed by atoms with Crippen LogP contribution >= 0.6 is 0 Å². The third-order valence-corrected chi connectivity index (χ3v) is 3.25. The highest BCUT2D eigenvalue weighted by Gasteiger charge is 2.19. The molecule has 4 heteroatoms. The SMILES string of the molecule is CC(C)n1ccc(CC(N)CC2CCCO2)n1. The van der Waals surface area contributed by atoms with Gasteiger partial charge in [0.25, 0.3) is 0 Å². The van der Waals surface area contributed by atoms with Crippen molar-refractivity contribution < 1.29 is 4.74 Å². The Morgan fingerprint density at radius 1 is 1.59 bits per heavy atom. The summed E-state index contributed by atoms with van der Waals surface area (Å²) in [4.78, 5) is 0. The molecule has 0 saturated carbocycles. The second-order valence-electron chi connectivity index (χ2n) is 5.22. The molecule has 4 nitrogen and oxygen atoms in total. The van der Waals surface area contributed by atoms with Gasteiger partial charge in [-0.2, -0.15) is 5.10 Å². The van der Waals surface area contributed by atoms with E-state index in [4.69, 9.17) is 10.5 Å². The summed E-state index contributed by atoms with van der Waals surface area (Å²) >= 11 is 0. The van der Waals surface area contributed by atoms with E-state index in [2.05, 4.69) is 25.0 Å². The smallest absolute Gasteiger partial charge is 0.0640 e. The fourth-order valence-corrected chi connectivity index (χ4v) is 2.29. The van der Waals surface area contributed by atoms with Crippen LogP contribution in [-0.2, 0) is 11.2 Å². The van der Waals surface area contributed by atoms with Gasteiger partial charge in [0.1, 0.15) is 0 Å².